The quantitative estimate of drug-likeness (QED) is 0.465. The normalized spacial score (nSPS) is 10.7. The molecule has 0 saturated heterocycles. The van der Waals surface area contributed by atoms with Crippen molar-refractivity contribution in [3.63, 3.8) is 0 Å². The van der Waals surface area contributed by atoms with Crippen LogP contribution in [0.1, 0.15) is 23.1 Å². The maximum atomic E-state index is 13.2. The number of thioether (sulfide) groups is 1. The number of rotatable bonds is 8. The van der Waals surface area contributed by atoms with Gasteiger partial charge < -0.3 is 15.2 Å². The van der Waals surface area contributed by atoms with Gasteiger partial charge in [-0.2, -0.15) is 0 Å². The van der Waals surface area contributed by atoms with E-state index < -0.39 is 5.82 Å². The maximum Gasteiger partial charge on any atom is 0.251 e. The molecular formula is C20H18Cl2FN5O2S. The molecule has 0 atom stereocenters. The zero-order chi connectivity index (χ0) is 22.4. The monoisotopic (exact) mass is 481 g/mol. The van der Waals surface area contributed by atoms with Crippen molar-refractivity contribution < 1.29 is 14.0 Å². The van der Waals surface area contributed by atoms with Crippen LogP contribution in [0.4, 0.5) is 10.1 Å². The highest BCUT2D eigenvalue weighted by atomic mass is 35.5. The fraction of sp³-hybridized carbons (Fsp3) is 0.200. The lowest BCUT2D eigenvalue weighted by molar-refractivity contribution is -0.113. The van der Waals surface area contributed by atoms with Crippen molar-refractivity contribution >= 4 is 52.5 Å². The summed E-state index contributed by atoms with van der Waals surface area (Å²) >= 11 is 13.0. The van der Waals surface area contributed by atoms with Crippen molar-refractivity contribution in [2.45, 2.75) is 25.2 Å². The minimum absolute atomic E-state index is 0.0737. The molecule has 0 aliphatic rings. The summed E-state index contributed by atoms with van der Waals surface area (Å²) in [5.74, 6) is -0.430. The number of carbonyl (C=O) groups excluding carboxylic acids is 2. The van der Waals surface area contributed by atoms with Crippen molar-refractivity contribution in [1.29, 1.82) is 0 Å². The second-order valence-electron chi connectivity index (χ2n) is 6.30. The number of carbonyl (C=O) groups is 2. The number of nitrogens with one attached hydrogen (secondary N) is 2. The Hall–Kier alpha value is -2.62. The first kappa shape index (κ1) is 23.1. The highest BCUT2D eigenvalue weighted by molar-refractivity contribution is 7.99. The molecule has 162 valence electrons. The molecule has 0 spiro atoms. The van der Waals surface area contributed by atoms with Crippen molar-refractivity contribution in [2.24, 2.45) is 0 Å². The number of anilines is 1. The molecule has 0 radical (unpaired) electrons. The third kappa shape index (κ3) is 6.19. The minimum atomic E-state index is -0.427. The number of hydrogen-bond acceptors (Lipinski definition) is 5. The Morgan fingerprint density at radius 3 is 2.65 bits per heavy atom. The number of amides is 2. The van der Waals surface area contributed by atoms with E-state index in [0.717, 1.165) is 0 Å². The van der Waals surface area contributed by atoms with Crippen LogP contribution in [0.15, 0.2) is 47.6 Å². The Labute approximate surface area is 192 Å². The summed E-state index contributed by atoms with van der Waals surface area (Å²) in [7, 11) is 0. The number of nitrogens with zero attached hydrogens (tertiary/aromatic N) is 3. The van der Waals surface area contributed by atoms with Gasteiger partial charge in [-0.1, -0.05) is 41.0 Å². The first-order chi connectivity index (χ1) is 14.9. The Balaban J connectivity index is 1.57. The van der Waals surface area contributed by atoms with E-state index in [4.69, 9.17) is 23.2 Å². The number of benzene rings is 2. The van der Waals surface area contributed by atoms with Gasteiger partial charge in [0.25, 0.3) is 5.91 Å². The van der Waals surface area contributed by atoms with Gasteiger partial charge in [-0.3, -0.25) is 9.59 Å². The van der Waals surface area contributed by atoms with Crippen LogP contribution in [0.2, 0.25) is 10.0 Å². The van der Waals surface area contributed by atoms with Crippen LogP contribution in [0.3, 0.4) is 0 Å². The second kappa shape index (κ2) is 10.6. The molecule has 2 amide bonds. The van der Waals surface area contributed by atoms with Gasteiger partial charge in [0, 0.05) is 17.8 Å². The Bertz CT molecular complexity index is 1110. The molecule has 1 heterocycles. The Morgan fingerprint density at radius 2 is 1.94 bits per heavy atom. The number of aromatic nitrogens is 3. The summed E-state index contributed by atoms with van der Waals surface area (Å²) in [5, 5.41) is 14.8. The van der Waals surface area contributed by atoms with Crippen molar-refractivity contribution in [1.82, 2.24) is 20.1 Å². The van der Waals surface area contributed by atoms with E-state index in [-0.39, 0.29) is 24.1 Å². The van der Waals surface area contributed by atoms with Crippen LogP contribution in [0.5, 0.6) is 0 Å². The third-order valence-electron chi connectivity index (χ3n) is 4.14. The molecule has 31 heavy (non-hydrogen) atoms. The Morgan fingerprint density at radius 1 is 1.13 bits per heavy atom. The molecule has 0 fully saturated rings. The lowest BCUT2D eigenvalue weighted by atomic mass is 10.2. The molecule has 1 aromatic heterocycles. The van der Waals surface area contributed by atoms with E-state index in [2.05, 4.69) is 20.8 Å². The van der Waals surface area contributed by atoms with Crippen LogP contribution in [-0.2, 0) is 17.9 Å². The summed E-state index contributed by atoms with van der Waals surface area (Å²) in [5.41, 5.74) is 0.758. The second-order valence-corrected chi connectivity index (χ2v) is 8.06. The average Bonchev–Trinajstić information content (AvgIpc) is 3.14. The lowest BCUT2D eigenvalue weighted by Crippen LogP contribution is -2.24. The van der Waals surface area contributed by atoms with Gasteiger partial charge in [-0.15, -0.1) is 10.2 Å². The predicted octanol–water partition coefficient (Wildman–Crippen LogP) is 4.40. The van der Waals surface area contributed by atoms with Gasteiger partial charge in [-0.25, -0.2) is 4.39 Å². The molecule has 3 aromatic rings. The van der Waals surface area contributed by atoms with E-state index >= 15 is 0 Å². The summed E-state index contributed by atoms with van der Waals surface area (Å²) in [6, 6.07) is 10.3. The van der Waals surface area contributed by atoms with Crippen molar-refractivity contribution in [3.8, 4) is 0 Å². The van der Waals surface area contributed by atoms with E-state index in [9.17, 15) is 14.0 Å². The first-order valence-electron chi connectivity index (χ1n) is 9.21. The fourth-order valence-electron chi connectivity index (χ4n) is 2.67. The van der Waals surface area contributed by atoms with Gasteiger partial charge in [0.15, 0.2) is 11.0 Å². The van der Waals surface area contributed by atoms with Crippen molar-refractivity contribution in [3.05, 3.63) is 69.7 Å². The standard InChI is InChI=1S/C20H18Cl2FN5O2S/c1-2-28-17(10-24-19(30)12-6-7-15(21)16(22)8-12)26-27-20(28)31-11-18(29)25-14-5-3-4-13(23)9-14/h3-9H,2,10-11H2,1H3,(H,24,30)(H,25,29). The van der Waals surface area contributed by atoms with Gasteiger partial charge in [-0.05, 0) is 43.3 Å². The highest BCUT2D eigenvalue weighted by Gasteiger charge is 2.15. The van der Waals surface area contributed by atoms with Gasteiger partial charge in [0.1, 0.15) is 5.82 Å². The van der Waals surface area contributed by atoms with Crippen molar-refractivity contribution in [2.75, 3.05) is 11.1 Å². The zero-order valence-corrected chi connectivity index (χ0v) is 18.7. The first-order valence-corrected chi connectivity index (χ1v) is 10.9. The van der Waals surface area contributed by atoms with E-state index in [1.807, 2.05) is 6.92 Å². The fourth-order valence-corrected chi connectivity index (χ4v) is 3.79. The third-order valence-corrected chi connectivity index (χ3v) is 5.85. The van der Waals surface area contributed by atoms with Crippen LogP contribution >= 0.6 is 35.0 Å². The molecular weight excluding hydrogens is 464 g/mol. The van der Waals surface area contributed by atoms with Gasteiger partial charge in [0.05, 0.1) is 22.3 Å². The van der Waals surface area contributed by atoms with Crippen LogP contribution < -0.4 is 10.6 Å². The van der Waals surface area contributed by atoms with Crippen LogP contribution in [0.25, 0.3) is 0 Å². The van der Waals surface area contributed by atoms with Crippen LogP contribution in [0, 0.1) is 5.82 Å². The number of halogens is 3. The SMILES string of the molecule is CCn1c(CNC(=O)c2ccc(Cl)c(Cl)c2)nnc1SCC(=O)Nc1cccc(F)c1. The maximum absolute atomic E-state index is 13.2. The molecule has 2 aromatic carbocycles. The summed E-state index contributed by atoms with van der Waals surface area (Å²) in [6.07, 6.45) is 0. The van der Waals surface area contributed by atoms with E-state index in [0.29, 0.717) is 38.8 Å². The number of hydrogen-bond donors (Lipinski definition) is 2. The molecule has 0 saturated carbocycles. The summed E-state index contributed by atoms with van der Waals surface area (Å²) in [6.45, 7) is 2.61. The molecule has 0 unspecified atom stereocenters. The largest absolute Gasteiger partial charge is 0.345 e. The topological polar surface area (TPSA) is 88.9 Å². The minimum Gasteiger partial charge on any atom is -0.345 e. The molecule has 7 nitrogen and oxygen atoms in total. The van der Waals surface area contributed by atoms with Crippen LogP contribution in [-0.4, -0.2) is 32.3 Å². The molecule has 11 heteroatoms. The highest BCUT2D eigenvalue weighted by Crippen LogP contribution is 2.23. The Kier molecular flexibility index (Phi) is 7.89. The zero-order valence-electron chi connectivity index (χ0n) is 16.4. The molecule has 2 N–H and O–H groups in total. The smallest absolute Gasteiger partial charge is 0.251 e. The van der Waals surface area contributed by atoms with E-state index in [1.54, 1.807) is 22.8 Å². The molecule has 3 rings (SSSR count). The van der Waals surface area contributed by atoms with Gasteiger partial charge >= 0.3 is 0 Å². The summed E-state index contributed by atoms with van der Waals surface area (Å²) in [4.78, 5) is 24.5. The van der Waals surface area contributed by atoms with Gasteiger partial charge in [0.2, 0.25) is 5.91 Å². The molecule has 0 aliphatic carbocycles. The average molecular weight is 482 g/mol. The predicted molar refractivity (Wildman–Crippen MR) is 119 cm³/mol. The molecule has 0 bridgehead atoms. The molecule has 0 aliphatic heterocycles. The summed E-state index contributed by atoms with van der Waals surface area (Å²) < 4.78 is 15.0. The van der Waals surface area contributed by atoms with E-state index in [1.165, 1.54) is 36.0 Å². The lowest BCUT2D eigenvalue weighted by Gasteiger charge is -2.09.